The first-order valence-corrected chi connectivity index (χ1v) is 10.1. The van der Waals surface area contributed by atoms with Crippen molar-refractivity contribution in [1.82, 2.24) is 9.21 Å². The lowest BCUT2D eigenvalue weighted by Gasteiger charge is -2.34. The predicted octanol–water partition coefficient (Wildman–Crippen LogP) is 3.78. The highest BCUT2D eigenvalue weighted by Gasteiger charge is 2.30. The van der Waals surface area contributed by atoms with E-state index in [4.69, 9.17) is 23.2 Å². The molecule has 140 valence electrons. The van der Waals surface area contributed by atoms with Crippen molar-refractivity contribution in [3.63, 3.8) is 0 Å². The van der Waals surface area contributed by atoms with Crippen molar-refractivity contribution in [2.45, 2.75) is 11.4 Å². The Kier molecular flexibility index (Phi) is 5.84. The Morgan fingerprint density at radius 3 is 2.23 bits per heavy atom. The van der Waals surface area contributed by atoms with Crippen LogP contribution in [-0.4, -0.2) is 43.8 Å². The van der Waals surface area contributed by atoms with Gasteiger partial charge in [-0.25, -0.2) is 17.2 Å². The highest BCUT2D eigenvalue weighted by atomic mass is 35.5. The summed E-state index contributed by atoms with van der Waals surface area (Å²) in [4.78, 5) is 1.57. The SMILES string of the molecule is O=S(=O)(c1ccc(F)cc1F)N1CCN(Cc2ccc(Cl)c(Cl)c2)CC1. The third-order valence-corrected chi connectivity index (χ3v) is 6.90. The van der Waals surface area contributed by atoms with Gasteiger partial charge >= 0.3 is 0 Å². The fourth-order valence-electron chi connectivity index (χ4n) is 2.85. The number of benzene rings is 2. The Balaban J connectivity index is 1.66. The van der Waals surface area contributed by atoms with Crippen LogP contribution in [0.5, 0.6) is 0 Å². The molecule has 0 bridgehead atoms. The molecule has 0 radical (unpaired) electrons. The predicted molar refractivity (Wildman–Crippen MR) is 96.9 cm³/mol. The molecule has 1 heterocycles. The van der Waals surface area contributed by atoms with Crippen LogP contribution in [0.4, 0.5) is 8.78 Å². The molecule has 26 heavy (non-hydrogen) atoms. The second-order valence-corrected chi connectivity index (χ2v) is 8.72. The van der Waals surface area contributed by atoms with Gasteiger partial charge in [-0.05, 0) is 29.8 Å². The topological polar surface area (TPSA) is 40.6 Å². The summed E-state index contributed by atoms with van der Waals surface area (Å²) < 4.78 is 53.2. The molecular formula is C17H16Cl2F2N2O2S. The van der Waals surface area contributed by atoms with Gasteiger partial charge in [0.05, 0.1) is 10.0 Å². The van der Waals surface area contributed by atoms with E-state index in [0.717, 1.165) is 17.7 Å². The van der Waals surface area contributed by atoms with Gasteiger partial charge in [0.25, 0.3) is 0 Å². The van der Waals surface area contributed by atoms with E-state index in [1.54, 1.807) is 12.1 Å². The molecule has 0 amide bonds. The summed E-state index contributed by atoms with van der Waals surface area (Å²) in [6.45, 7) is 2.03. The third kappa shape index (κ3) is 4.18. The van der Waals surface area contributed by atoms with Crippen LogP contribution in [0.1, 0.15) is 5.56 Å². The van der Waals surface area contributed by atoms with Gasteiger partial charge in [0.15, 0.2) is 0 Å². The lowest BCUT2D eigenvalue weighted by atomic mass is 10.2. The molecule has 9 heteroatoms. The molecule has 0 saturated carbocycles. The van der Waals surface area contributed by atoms with Crippen LogP contribution in [0.2, 0.25) is 10.0 Å². The van der Waals surface area contributed by atoms with E-state index in [2.05, 4.69) is 4.90 Å². The monoisotopic (exact) mass is 420 g/mol. The molecule has 4 nitrogen and oxygen atoms in total. The van der Waals surface area contributed by atoms with E-state index >= 15 is 0 Å². The normalized spacial score (nSPS) is 16.8. The summed E-state index contributed by atoms with van der Waals surface area (Å²) in [6, 6.07) is 7.84. The van der Waals surface area contributed by atoms with Gasteiger partial charge in [-0.3, -0.25) is 4.90 Å². The van der Waals surface area contributed by atoms with Crippen molar-refractivity contribution >= 4 is 33.2 Å². The van der Waals surface area contributed by atoms with E-state index in [1.165, 1.54) is 4.31 Å². The number of nitrogens with zero attached hydrogens (tertiary/aromatic N) is 2. The maximum absolute atomic E-state index is 13.9. The van der Waals surface area contributed by atoms with Crippen molar-refractivity contribution in [2.75, 3.05) is 26.2 Å². The van der Waals surface area contributed by atoms with Crippen molar-refractivity contribution in [2.24, 2.45) is 0 Å². The van der Waals surface area contributed by atoms with Crippen molar-refractivity contribution in [3.05, 3.63) is 63.6 Å². The summed E-state index contributed by atoms with van der Waals surface area (Å²) >= 11 is 11.9. The van der Waals surface area contributed by atoms with Crippen LogP contribution in [0.15, 0.2) is 41.3 Å². The van der Waals surface area contributed by atoms with Gasteiger partial charge in [-0.15, -0.1) is 0 Å². The Morgan fingerprint density at radius 1 is 0.923 bits per heavy atom. The molecule has 0 aliphatic carbocycles. The smallest absolute Gasteiger partial charge is 0.246 e. The highest BCUT2D eigenvalue weighted by Crippen LogP contribution is 2.25. The van der Waals surface area contributed by atoms with E-state index in [1.807, 2.05) is 6.07 Å². The molecule has 0 spiro atoms. The van der Waals surface area contributed by atoms with Crippen LogP contribution >= 0.6 is 23.2 Å². The van der Waals surface area contributed by atoms with E-state index < -0.39 is 26.6 Å². The Hall–Kier alpha value is -1.25. The second-order valence-electron chi connectivity index (χ2n) is 6.00. The summed E-state index contributed by atoms with van der Waals surface area (Å²) in [5.74, 6) is -1.89. The number of hydrogen-bond donors (Lipinski definition) is 0. The fraction of sp³-hybridized carbons (Fsp3) is 0.294. The van der Waals surface area contributed by atoms with E-state index in [-0.39, 0.29) is 13.1 Å². The second kappa shape index (κ2) is 7.78. The van der Waals surface area contributed by atoms with Crippen LogP contribution in [0.3, 0.4) is 0 Å². The highest BCUT2D eigenvalue weighted by molar-refractivity contribution is 7.89. The molecule has 1 fully saturated rings. The zero-order valence-electron chi connectivity index (χ0n) is 13.6. The van der Waals surface area contributed by atoms with Crippen LogP contribution in [-0.2, 0) is 16.6 Å². The van der Waals surface area contributed by atoms with E-state index in [0.29, 0.717) is 35.7 Å². The van der Waals surface area contributed by atoms with Crippen molar-refractivity contribution in [1.29, 1.82) is 0 Å². The largest absolute Gasteiger partial charge is 0.296 e. The molecule has 1 saturated heterocycles. The average Bonchev–Trinajstić information content (AvgIpc) is 2.58. The zero-order valence-corrected chi connectivity index (χ0v) is 16.0. The van der Waals surface area contributed by atoms with Gasteiger partial charge in [-0.2, -0.15) is 4.31 Å². The maximum atomic E-state index is 13.9. The first-order valence-electron chi connectivity index (χ1n) is 7.89. The molecule has 1 aliphatic rings. The number of halogens is 4. The molecule has 2 aromatic rings. The maximum Gasteiger partial charge on any atom is 0.246 e. The third-order valence-electron chi connectivity index (χ3n) is 4.23. The average molecular weight is 421 g/mol. The van der Waals surface area contributed by atoms with Crippen LogP contribution in [0, 0.1) is 11.6 Å². The summed E-state index contributed by atoms with van der Waals surface area (Å²) in [7, 11) is -3.99. The molecule has 0 N–H and O–H groups in total. The number of hydrogen-bond acceptors (Lipinski definition) is 3. The first-order chi connectivity index (χ1) is 12.3. The van der Waals surface area contributed by atoms with Crippen molar-refractivity contribution in [3.8, 4) is 0 Å². The standard InChI is InChI=1S/C17H16Cl2F2N2O2S/c18-14-3-1-12(9-15(14)19)11-22-5-7-23(8-6-22)26(24,25)17-4-2-13(20)10-16(17)21/h1-4,9-10H,5-8,11H2. The fourth-order valence-corrected chi connectivity index (χ4v) is 4.64. The summed E-state index contributed by atoms with van der Waals surface area (Å²) in [6.07, 6.45) is 0. The minimum atomic E-state index is -3.99. The van der Waals surface area contributed by atoms with Gasteiger partial charge in [-0.1, -0.05) is 29.3 Å². The quantitative estimate of drug-likeness (QED) is 0.755. The zero-order chi connectivity index (χ0) is 18.9. The van der Waals surface area contributed by atoms with Crippen LogP contribution < -0.4 is 0 Å². The molecule has 0 atom stereocenters. The summed E-state index contributed by atoms with van der Waals surface area (Å²) in [5, 5.41) is 0.949. The number of rotatable bonds is 4. The Bertz CT molecular complexity index is 917. The molecule has 2 aromatic carbocycles. The van der Waals surface area contributed by atoms with Gasteiger partial charge in [0.2, 0.25) is 10.0 Å². The minimum absolute atomic E-state index is 0.223. The Morgan fingerprint density at radius 2 is 1.62 bits per heavy atom. The number of piperazine rings is 1. The molecular weight excluding hydrogens is 405 g/mol. The lowest BCUT2D eigenvalue weighted by molar-refractivity contribution is 0.181. The van der Waals surface area contributed by atoms with E-state index in [9.17, 15) is 17.2 Å². The number of sulfonamides is 1. The minimum Gasteiger partial charge on any atom is -0.296 e. The van der Waals surface area contributed by atoms with Crippen molar-refractivity contribution < 1.29 is 17.2 Å². The van der Waals surface area contributed by atoms with Gasteiger partial charge in [0, 0.05) is 38.8 Å². The molecule has 0 unspecified atom stereocenters. The van der Waals surface area contributed by atoms with Gasteiger partial charge < -0.3 is 0 Å². The first kappa shape index (κ1) is 19.5. The Labute approximate surface area is 161 Å². The van der Waals surface area contributed by atoms with Gasteiger partial charge in [0.1, 0.15) is 16.5 Å². The lowest BCUT2D eigenvalue weighted by Crippen LogP contribution is -2.48. The van der Waals surface area contributed by atoms with Crippen LogP contribution in [0.25, 0.3) is 0 Å². The molecule has 0 aromatic heterocycles. The molecule has 3 rings (SSSR count). The summed E-state index contributed by atoms with van der Waals surface area (Å²) in [5.41, 5.74) is 0.972. The molecule has 1 aliphatic heterocycles.